The lowest BCUT2D eigenvalue weighted by Crippen LogP contribution is -2.40. The van der Waals surface area contributed by atoms with E-state index in [9.17, 15) is 18.0 Å². The molecule has 0 bridgehead atoms. The van der Waals surface area contributed by atoms with Gasteiger partial charge in [0.2, 0.25) is 0 Å². The highest BCUT2D eigenvalue weighted by atomic mass is 19.4. The predicted molar refractivity (Wildman–Crippen MR) is 128 cm³/mol. The van der Waals surface area contributed by atoms with Crippen molar-refractivity contribution in [1.82, 2.24) is 14.9 Å². The molecule has 1 aliphatic rings. The number of nitrogens with zero attached hydrogens (tertiary/aromatic N) is 3. The minimum absolute atomic E-state index is 0.0240. The summed E-state index contributed by atoms with van der Waals surface area (Å²) < 4.78 is 45.2. The molecule has 4 N–H and O–H groups in total. The van der Waals surface area contributed by atoms with E-state index in [4.69, 9.17) is 10.5 Å². The molecule has 2 aromatic carbocycles. The standard InChI is InChI=1S/C24H27F3N6O2/c1-13(15-8-16(24(25,26)27)10-17(28)9-15)30-22-18-11-20(29-3)19(12-21(18)31-14(2)32-22)23(34)33-4-6-35-7-5-33/h8-13,29H,4-7,28H2,1-3H3,(H,30,31,32). The van der Waals surface area contributed by atoms with Crippen molar-refractivity contribution in [3.8, 4) is 0 Å². The van der Waals surface area contributed by atoms with E-state index in [1.807, 2.05) is 0 Å². The van der Waals surface area contributed by atoms with E-state index in [0.717, 1.165) is 12.1 Å². The van der Waals surface area contributed by atoms with Crippen LogP contribution in [0.2, 0.25) is 0 Å². The highest BCUT2D eigenvalue weighted by molar-refractivity contribution is 6.05. The highest BCUT2D eigenvalue weighted by Gasteiger charge is 2.31. The summed E-state index contributed by atoms with van der Waals surface area (Å²) in [4.78, 5) is 23.9. The zero-order valence-corrected chi connectivity index (χ0v) is 19.7. The van der Waals surface area contributed by atoms with Crippen LogP contribution in [-0.2, 0) is 10.9 Å². The maximum atomic E-state index is 13.3. The van der Waals surface area contributed by atoms with Gasteiger partial charge in [-0.25, -0.2) is 9.97 Å². The predicted octanol–water partition coefficient (Wildman–Crippen LogP) is 4.23. The molecule has 1 unspecified atom stereocenters. The van der Waals surface area contributed by atoms with Crippen LogP contribution in [0.1, 0.15) is 40.3 Å². The lowest BCUT2D eigenvalue weighted by atomic mass is 10.0. The summed E-state index contributed by atoms with van der Waals surface area (Å²) in [7, 11) is 1.72. The number of ether oxygens (including phenoxy) is 1. The summed E-state index contributed by atoms with van der Waals surface area (Å²) in [5, 5.41) is 6.89. The molecule has 1 saturated heterocycles. The molecular weight excluding hydrogens is 461 g/mol. The molecule has 2 heterocycles. The summed E-state index contributed by atoms with van der Waals surface area (Å²) in [5.74, 6) is 0.772. The van der Waals surface area contributed by atoms with Crippen LogP contribution in [0.5, 0.6) is 0 Å². The number of alkyl halides is 3. The minimum Gasteiger partial charge on any atom is -0.399 e. The molecule has 0 saturated carbocycles. The van der Waals surface area contributed by atoms with Crippen molar-refractivity contribution in [2.45, 2.75) is 26.1 Å². The van der Waals surface area contributed by atoms with Crippen LogP contribution in [0.3, 0.4) is 0 Å². The number of morpholine rings is 1. The van der Waals surface area contributed by atoms with Crippen LogP contribution in [0.4, 0.5) is 30.4 Å². The molecule has 0 aliphatic carbocycles. The Kier molecular flexibility index (Phi) is 6.70. The van der Waals surface area contributed by atoms with Crippen LogP contribution < -0.4 is 16.4 Å². The molecule has 186 valence electrons. The Bertz CT molecular complexity index is 1260. The van der Waals surface area contributed by atoms with Crippen molar-refractivity contribution in [3.63, 3.8) is 0 Å². The van der Waals surface area contributed by atoms with Gasteiger partial charge in [0.1, 0.15) is 11.6 Å². The fourth-order valence-corrected chi connectivity index (χ4v) is 4.10. The lowest BCUT2D eigenvalue weighted by Gasteiger charge is -2.27. The Morgan fingerprint density at radius 2 is 1.86 bits per heavy atom. The fourth-order valence-electron chi connectivity index (χ4n) is 4.10. The van der Waals surface area contributed by atoms with Gasteiger partial charge in [0, 0.05) is 36.9 Å². The number of halogens is 3. The summed E-state index contributed by atoms with van der Waals surface area (Å²) in [6.07, 6.45) is -4.51. The minimum atomic E-state index is -4.51. The number of aryl methyl sites for hydroxylation is 1. The molecule has 0 radical (unpaired) electrons. The molecule has 35 heavy (non-hydrogen) atoms. The first-order valence-corrected chi connectivity index (χ1v) is 11.2. The van der Waals surface area contributed by atoms with Crippen LogP contribution in [0, 0.1) is 6.92 Å². The Balaban J connectivity index is 1.72. The topological polar surface area (TPSA) is 105 Å². The molecule has 1 atom stereocenters. The van der Waals surface area contributed by atoms with E-state index in [-0.39, 0.29) is 11.6 Å². The van der Waals surface area contributed by atoms with Crippen molar-refractivity contribution < 1.29 is 22.7 Å². The van der Waals surface area contributed by atoms with Gasteiger partial charge in [0.15, 0.2) is 0 Å². The summed E-state index contributed by atoms with van der Waals surface area (Å²) in [5.41, 5.74) is 6.95. The molecule has 11 heteroatoms. The molecule has 3 aromatic rings. The number of nitrogens with one attached hydrogen (secondary N) is 2. The van der Waals surface area contributed by atoms with Gasteiger partial charge < -0.3 is 26.0 Å². The van der Waals surface area contributed by atoms with E-state index < -0.39 is 17.8 Å². The normalized spacial score (nSPS) is 15.2. The molecule has 4 rings (SSSR count). The summed E-state index contributed by atoms with van der Waals surface area (Å²) in [6, 6.07) is 6.44. The maximum absolute atomic E-state index is 13.3. The van der Waals surface area contributed by atoms with E-state index in [0.29, 0.717) is 65.7 Å². The lowest BCUT2D eigenvalue weighted by molar-refractivity contribution is -0.137. The molecule has 8 nitrogen and oxygen atoms in total. The zero-order chi connectivity index (χ0) is 25.3. The number of carbonyl (C=O) groups excluding carboxylic acids is 1. The number of nitrogens with two attached hydrogens (primary N) is 1. The fraction of sp³-hybridized carbons (Fsp3) is 0.375. The van der Waals surface area contributed by atoms with Crippen molar-refractivity contribution in [2.24, 2.45) is 0 Å². The maximum Gasteiger partial charge on any atom is 0.416 e. The second-order valence-electron chi connectivity index (χ2n) is 8.44. The second kappa shape index (κ2) is 9.57. The highest BCUT2D eigenvalue weighted by Crippen LogP contribution is 2.34. The Morgan fingerprint density at radius 1 is 1.14 bits per heavy atom. The van der Waals surface area contributed by atoms with Gasteiger partial charge in [0.05, 0.1) is 35.9 Å². The first-order valence-electron chi connectivity index (χ1n) is 11.2. The average molecular weight is 489 g/mol. The molecule has 0 spiro atoms. The number of anilines is 3. The molecule has 1 aliphatic heterocycles. The van der Waals surface area contributed by atoms with E-state index in [2.05, 4.69) is 20.6 Å². The monoisotopic (exact) mass is 488 g/mol. The smallest absolute Gasteiger partial charge is 0.399 e. The molecule has 1 fully saturated rings. The number of hydrogen-bond acceptors (Lipinski definition) is 7. The van der Waals surface area contributed by atoms with Crippen LogP contribution in [0.25, 0.3) is 10.9 Å². The Hall–Kier alpha value is -3.60. The second-order valence-corrected chi connectivity index (χ2v) is 8.44. The van der Waals surface area contributed by atoms with Gasteiger partial charge in [-0.3, -0.25) is 4.79 Å². The summed E-state index contributed by atoms with van der Waals surface area (Å²) >= 11 is 0. The third-order valence-electron chi connectivity index (χ3n) is 5.90. The first-order chi connectivity index (χ1) is 16.6. The SMILES string of the molecule is CNc1cc2c(NC(C)c3cc(N)cc(C(F)(F)F)c3)nc(C)nc2cc1C(=O)N1CCOCC1. The Labute approximate surface area is 200 Å². The van der Waals surface area contributed by atoms with Crippen molar-refractivity contribution in [1.29, 1.82) is 0 Å². The number of nitrogen functional groups attached to an aromatic ring is 1. The largest absolute Gasteiger partial charge is 0.416 e. The van der Waals surface area contributed by atoms with Crippen LogP contribution in [0.15, 0.2) is 30.3 Å². The number of amides is 1. The first kappa shape index (κ1) is 24.5. The third kappa shape index (κ3) is 5.24. The van der Waals surface area contributed by atoms with Gasteiger partial charge in [-0.1, -0.05) is 0 Å². The Morgan fingerprint density at radius 3 is 2.51 bits per heavy atom. The third-order valence-corrected chi connectivity index (χ3v) is 5.90. The number of aromatic nitrogens is 2. The van der Waals surface area contributed by atoms with E-state index >= 15 is 0 Å². The van der Waals surface area contributed by atoms with E-state index in [1.165, 1.54) is 6.07 Å². The summed E-state index contributed by atoms with van der Waals surface area (Å²) in [6.45, 7) is 5.43. The molecule has 1 aromatic heterocycles. The van der Waals surface area contributed by atoms with Crippen molar-refractivity contribution in [2.75, 3.05) is 49.7 Å². The van der Waals surface area contributed by atoms with Gasteiger partial charge in [-0.15, -0.1) is 0 Å². The quantitative estimate of drug-likeness (QED) is 0.462. The van der Waals surface area contributed by atoms with Crippen LogP contribution in [-0.4, -0.2) is 54.1 Å². The number of carbonyl (C=O) groups is 1. The molecular formula is C24H27F3N6O2. The number of fused-ring (bicyclic) bond motifs is 1. The van der Waals surface area contributed by atoms with Gasteiger partial charge in [0.25, 0.3) is 5.91 Å². The van der Waals surface area contributed by atoms with Gasteiger partial charge in [-0.05, 0) is 49.7 Å². The van der Waals surface area contributed by atoms with E-state index in [1.54, 1.807) is 37.9 Å². The van der Waals surface area contributed by atoms with Crippen molar-refractivity contribution in [3.05, 3.63) is 52.8 Å². The number of benzene rings is 2. The number of rotatable bonds is 5. The van der Waals surface area contributed by atoms with Crippen molar-refractivity contribution >= 4 is 34.0 Å². The van der Waals surface area contributed by atoms with Gasteiger partial charge >= 0.3 is 6.18 Å². The zero-order valence-electron chi connectivity index (χ0n) is 19.7. The van der Waals surface area contributed by atoms with Crippen LogP contribution >= 0.6 is 0 Å². The average Bonchev–Trinajstić information content (AvgIpc) is 2.82. The number of hydrogen-bond donors (Lipinski definition) is 3. The van der Waals surface area contributed by atoms with Gasteiger partial charge in [-0.2, -0.15) is 13.2 Å². The molecule has 1 amide bonds.